The van der Waals surface area contributed by atoms with Crippen LogP contribution >= 0.6 is 0 Å². The van der Waals surface area contributed by atoms with Crippen molar-refractivity contribution in [3.63, 3.8) is 0 Å². The minimum Gasteiger partial charge on any atom is -0.332 e. The standard InChI is InChI=1S/C10H19F3N4O/c11-10(12,13)9(18)17-7-5-15-3-1-14-2-4-16-6-8-17/h14-16H,1-8H2. The van der Waals surface area contributed by atoms with Crippen LogP contribution in [0.1, 0.15) is 0 Å². The number of amides is 1. The zero-order valence-corrected chi connectivity index (χ0v) is 10.1. The van der Waals surface area contributed by atoms with Crippen molar-refractivity contribution in [3.8, 4) is 0 Å². The quantitative estimate of drug-likeness (QED) is 0.536. The van der Waals surface area contributed by atoms with E-state index in [1.807, 2.05) is 0 Å². The average molecular weight is 268 g/mol. The fraction of sp³-hybridized carbons (Fsp3) is 0.900. The molecule has 1 aliphatic heterocycles. The molecular weight excluding hydrogens is 249 g/mol. The molecule has 1 heterocycles. The topological polar surface area (TPSA) is 56.4 Å². The maximum Gasteiger partial charge on any atom is 0.471 e. The molecule has 106 valence electrons. The molecule has 0 saturated carbocycles. The van der Waals surface area contributed by atoms with Gasteiger partial charge in [-0.15, -0.1) is 0 Å². The fourth-order valence-corrected chi connectivity index (χ4v) is 1.65. The zero-order valence-electron chi connectivity index (χ0n) is 10.1. The van der Waals surface area contributed by atoms with Gasteiger partial charge in [0, 0.05) is 52.4 Å². The third-order valence-electron chi connectivity index (χ3n) is 2.60. The van der Waals surface area contributed by atoms with E-state index in [9.17, 15) is 18.0 Å². The van der Waals surface area contributed by atoms with Gasteiger partial charge in [-0.2, -0.15) is 13.2 Å². The molecule has 1 saturated heterocycles. The molecule has 0 aromatic heterocycles. The number of halogens is 3. The summed E-state index contributed by atoms with van der Waals surface area (Å²) >= 11 is 0. The molecule has 0 radical (unpaired) electrons. The summed E-state index contributed by atoms with van der Waals surface area (Å²) in [6.45, 7) is 3.74. The van der Waals surface area contributed by atoms with Crippen molar-refractivity contribution in [2.75, 3.05) is 52.4 Å². The van der Waals surface area contributed by atoms with Gasteiger partial charge in [0.05, 0.1) is 0 Å². The minimum atomic E-state index is -4.79. The lowest BCUT2D eigenvalue weighted by Gasteiger charge is -2.24. The molecule has 0 spiro atoms. The van der Waals surface area contributed by atoms with Crippen LogP contribution in [0.5, 0.6) is 0 Å². The normalized spacial score (nSPS) is 20.9. The molecule has 0 atom stereocenters. The van der Waals surface area contributed by atoms with Gasteiger partial charge in [0.15, 0.2) is 0 Å². The first-order valence-electron chi connectivity index (χ1n) is 6.00. The smallest absolute Gasteiger partial charge is 0.332 e. The van der Waals surface area contributed by atoms with Gasteiger partial charge >= 0.3 is 12.1 Å². The van der Waals surface area contributed by atoms with E-state index in [4.69, 9.17) is 0 Å². The number of nitrogens with one attached hydrogen (secondary N) is 3. The van der Waals surface area contributed by atoms with Gasteiger partial charge in [0.1, 0.15) is 0 Å². The van der Waals surface area contributed by atoms with Gasteiger partial charge in [-0.25, -0.2) is 0 Å². The zero-order chi connectivity index (χ0) is 13.4. The molecule has 1 rings (SSSR count). The maximum atomic E-state index is 12.4. The Bertz CT molecular complexity index is 248. The summed E-state index contributed by atoms with van der Waals surface area (Å²) in [7, 11) is 0. The molecule has 3 N–H and O–H groups in total. The first-order valence-corrected chi connectivity index (χ1v) is 6.00. The molecule has 1 amide bonds. The van der Waals surface area contributed by atoms with E-state index >= 15 is 0 Å². The number of hydrogen-bond donors (Lipinski definition) is 3. The van der Waals surface area contributed by atoms with E-state index < -0.39 is 12.1 Å². The fourth-order valence-electron chi connectivity index (χ4n) is 1.65. The Balaban J connectivity index is 2.48. The third-order valence-corrected chi connectivity index (χ3v) is 2.60. The molecule has 0 unspecified atom stereocenters. The molecule has 8 heteroatoms. The Kier molecular flexibility index (Phi) is 6.37. The van der Waals surface area contributed by atoms with Crippen molar-refractivity contribution >= 4 is 5.91 Å². The molecule has 0 aromatic carbocycles. The first kappa shape index (κ1) is 15.2. The number of carbonyl (C=O) groups excluding carboxylic acids is 1. The molecule has 1 aliphatic rings. The molecule has 0 bridgehead atoms. The van der Waals surface area contributed by atoms with Crippen LogP contribution in [0.3, 0.4) is 0 Å². The molecule has 1 fully saturated rings. The predicted octanol–water partition coefficient (Wildman–Crippen LogP) is -0.840. The van der Waals surface area contributed by atoms with Gasteiger partial charge in [-0.1, -0.05) is 0 Å². The number of rotatable bonds is 0. The van der Waals surface area contributed by atoms with Crippen LogP contribution in [0.2, 0.25) is 0 Å². The average Bonchev–Trinajstić information content (AvgIpc) is 2.28. The molecule has 18 heavy (non-hydrogen) atoms. The van der Waals surface area contributed by atoms with Crippen molar-refractivity contribution in [2.45, 2.75) is 6.18 Å². The van der Waals surface area contributed by atoms with Crippen LogP contribution in [-0.2, 0) is 4.79 Å². The Morgan fingerprint density at radius 3 is 1.61 bits per heavy atom. The highest BCUT2D eigenvalue weighted by Crippen LogP contribution is 2.17. The maximum absolute atomic E-state index is 12.4. The first-order chi connectivity index (χ1) is 8.52. The van der Waals surface area contributed by atoms with E-state index in [0.29, 0.717) is 26.2 Å². The van der Waals surface area contributed by atoms with E-state index in [2.05, 4.69) is 16.0 Å². The Morgan fingerprint density at radius 1 is 0.833 bits per heavy atom. The van der Waals surface area contributed by atoms with Crippen LogP contribution in [0.25, 0.3) is 0 Å². The Hall–Kier alpha value is -0.860. The van der Waals surface area contributed by atoms with Crippen molar-refractivity contribution in [2.24, 2.45) is 0 Å². The second-order valence-electron chi connectivity index (χ2n) is 4.04. The summed E-state index contributed by atoms with van der Waals surface area (Å²) in [4.78, 5) is 12.0. The van der Waals surface area contributed by atoms with Gasteiger partial charge in [-0.3, -0.25) is 4.79 Å². The predicted molar refractivity (Wildman–Crippen MR) is 61.2 cm³/mol. The summed E-state index contributed by atoms with van der Waals surface area (Å²) in [6, 6.07) is 0. The Morgan fingerprint density at radius 2 is 1.22 bits per heavy atom. The Labute approximate surface area is 104 Å². The number of carbonyl (C=O) groups is 1. The number of nitrogens with zero attached hydrogens (tertiary/aromatic N) is 1. The van der Waals surface area contributed by atoms with Gasteiger partial charge in [0.25, 0.3) is 0 Å². The van der Waals surface area contributed by atoms with E-state index in [1.165, 1.54) is 0 Å². The second kappa shape index (κ2) is 7.55. The highest BCUT2D eigenvalue weighted by atomic mass is 19.4. The monoisotopic (exact) mass is 268 g/mol. The van der Waals surface area contributed by atoms with Crippen LogP contribution in [0.15, 0.2) is 0 Å². The van der Waals surface area contributed by atoms with Gasteiger partial charge in [-0.05, 0) is 0 Å². The molecule has 5 nitrogen and oxygen atoms in total. The van der Waals surface area contributed by atoms with Gasteiger partial charge < -0.3 is 20.9 Å². The summed E-state index contributed by atoms with van der Waals surface area (Å²) in [5, 5.41) is 9.17. The van der Waals surface area contributed by atoms with Crippen molar-refractivity contribution in [1.29, 1.82) is 0 Å². The molecular formula is C10H19F3N4O. The van der Waals surface area contributed by atoms with E-state index in [1.54, 1.807) is 0 Å². The largest absolute Gasteiger partial charge is 0.471 e. The lowest BCUT2D eigenvalue weighted by molar-refractivity contribution is -0.185. The number of hydrogen-bond acceptors (Lipinski definition) is 4. The summed E-state index contributed by atoms with van der Waals surface area (Å²) in [5.41, 5.74) is 0. The van der Waals surface area contributed by atoms with Crippen LogP contribution in [0, 0.1) is 0 Å². The SMILES string of the molecule is O=C(N1CCNCCNCCNCC1)C(F)(F)F. The third kappa shape index (κ3) is 5.65. The van der Waals surface area contributed by atoms with Crippen LogP contribution in [0.4, 0.5) is 13.2 Å². The molecule has 0 aliphatic carbocycles. The minimum absolute atomic E-state index is 0.0695. The highest BCUT2D eigenvalue weighted by molar-refractivity contribution is 5.81. The lowest BCUT2D eigenvalue weighted by atomic mass is 10.4. The summed E-state index contributed by atoms with van der Waals surface area (Å²) < 4.78 is 37.1. The number of alkyl halides is 3. The van der Waals surface area contributed by atoms with Crippen molar-refractivity contribution in [3.05, 3.63) is 0 Å². The van der Waals surface area contributed by atoms with Crippen molar-refractivity contribution in [1.82, 2.24) is 20.9 Å². The van der Waals surface area contributed by atoms with Gasteiger partial charge in [0.2, 0.25) is 0 Å². The summed E-state index contributed by atoms with van der Waals surface area (Å²) in [5.74, 6) is -1.76. The van der Waals surface area contributed by atoms with E-state index in [0.717, 1.165) is 18.0 Å². The second-order valence-corrected chi connectivity index (χ2v) is 4.04. The highest BCUT2D eigenvalue weighted by Gasteiger charge is 2.42. The molecule has 0 aromatic rings. The van der Waals surface area contributed by atoms with E-state index in [-0.39, 0.29) is 13.1 Å². The van der Waals surface area contributed by atoms with Crippen LogP contribution in [-0.4, -0.2) is 69.3 Å². The van der Waals surface area contributed by atoms with Crippen molar-refractivity contribution < 1.29 is 18.0 Å². The van der Waals surface area contributed by atoms with Crippen LogP contribution < -0.4 is 16.0 Å². The lowest BCUT2D eigenvalue weighted by Crippen LogP contribution is -2.48. The summed E-state index contributed by atoms with van der Waals surface area (Å²) in [6.07, 6.45) is -4.79.